The Kier molecular flexibility index (Phi) is 6.22. The Balaban J connectivity index is 2.01. The lowest BCUT2D eigenvalue weighted by Crippen LogP contribution is -2.49. The molecule has 130 valence electrons. The summed E-state index contributed by atoms with van der Waals surface area (Å²) in [7, 11) is -4.17. The van der Waals surface area contributed by atoms with Crippen LogP contribution in [-0.2, 0) is 14.8 Å². The average molecular weight is 345 g/mol. The maximum absolute atomic E-state index is 12.3. The minimum atomic E-state index is -4.17. The molecule has 0 atom stereocenters. The molecule has 0 aromatic carbocycles. The first kappa shape index (κ1) is 17.5. The normalized spacial score (nSPS) is 22.1. The molecule has 2 aliphatic heterocycles. The largest absolute Gasteiger partial charge is 0.478 e. The Bertz CT molecular complexity index is 559. The summed E-state index contributed by atoms with van der Waals surface area (Å²) >= 11 is 0. The van der Waals surface area contributed by atoms with Gasteiger partial charge in [0.2, 0.25) is 5.88 Å². The molecule has 0 saturated carbocycles. The maximum atomic E-state index is 12.3. The number of hydrogen-bond acceptors (Lipinski definition) is 7. The molecule has 23 heavy (non-hydrogen) atoms. The first-order valence-electron chi connectivity index (χ1n) is 7.73. The molecular weight excluding hydrogens is 322 g/mol. The van der Waals surface area contributed by atoms with Crippen molar-refractivity contribution in [1.82, 2.24) is 20.5 Å². The van der Waals surface area contributed by atoms with E-state index in [1.807, 2.05) is 4.72 Å². The van der Waals surface area contributed by atoms with Crippen molar-refractivity contribution in [1.29, 1.82) is 5.41 Å². The molecule has 2 fully saturated rings. The van der Waals surface area contributed by atoms with E-state index in [0.29, 0.717) is 32.5 Å². The summed E-state index contributed by atoms with van der Waals surface area (Å²) in [6.45, 7) is 2.31. The van der Waals surface area contributed by atoms with Crippen LogP contribution in [0.5, 0.6) is 0 Å². The molecule has 2 rings (SSSR count). The summed E-state index contributed by atoms with van der Waals surface area (Å²) in [6, 6.07) is -0.831. The fourth-order valence-corrected chi connectivity index (χ4v) is 3.38. The average Bonchev–Trinajstić information content (AvgIpc) is 2.76. The Hall–Kier alpha value is -1.81. The highest BCUT2D eigenvalue weighted by molar-refractivity contribution is 7.94. The van der Waals surface area contributed by atoms with E-state index in [-0.39, 0.29) is 10.8 Å². The molecule has 9 nitrogen and oxygen atoms in total. The molecule has 2 saturated heterocycles. The van der Waals surface area contributed by atoms with Crippen LogP contribution >= 0.6 is 0 Å². The SMILES string of the molecule is N=C/C(=C1\NCCCO1)S(=O)(=O)NC(=O)NN1CCCCCC1. The molecule has 0 spiro atoms. The minimum absolute atomic E-state index is 0.00122. The molecule has 4 N–H and O–H groups in total. The topological polar surface area (TPSA) is 124 Å². The Morgan fingerprint density at radius 3 is 2.48 bits per heavy atom. The molecule has 0 unspecified atom stereocenters. The van der Waals surface area contributed by atoms with Crippen LogP contribution in [0.25, 0.3) is 0 Å². The summed E-state index contributed by atoms with van der Waals surface area (Å²) in [5.74, 6) is 0.00122. The van der Waals surface area contributed by atoms with Crippen LogP contribution in [0.15, 0.2) is 10.8 Å². The summed E-state index contributed by atoms with van der Waals surface area (Å²) in [4.78, 5) is 11.6. The van der Waals surface area contributed by atoms with E-state index in [9.17, 15) is 13.2 Å². The lowest BCUT2D eigenvalue weighted by atomic mass is 10.2. The minimum Gasteiger partial charge on any atom is -0.478 e. The predicted molar refractivity (Wildman–Crippen MR) is 85.0 cm³/mol. The van der Waals surface area contributed by atoms with Crippen molar-refractivity contribution in [3.63, 3.8) is 0 Å². The van der Waals surface area contributed by atoms with Crippen LogP contribution in [0, 0.1) is 5.41 Å². The van der Waals surface area contributed by atoms with Gasteiger partial charge in [0.1, 0.15) is 0 Å². The first-order chi connectivity index (χ1) is 11.0. The van der Waals surface area contributed by atoms with E-state index in [1.54, 1.807) is 5.01 Å². The summed E-state index contributed by atoms with van der Waals surface area (Å²) in [6.07, 6.45) is 5.53. The van der Waals surface area contributed by atoms with E-state index in [0.717, 1.165) is 32.1 Å². The number of hydrogen-bond donors (Lipinski definition) is 4. The number of allylic oxidation sites excluding steroid dienone is 1. The third-order valence-electron chi connectivity index (χ3n) is 3.59. The maximum Gasteiger partial charge on any atom is 0.343 e. The van der Waals surface area contributed by atoms with Crippen LogP contribution in [0.3, 0.4) is 0 Å². The van der Waals surface area contributed by atoms with Crippen molar-refractivity contribution in [3.05, 3.63) is 10.8 Å². The lowest BCUT2D eigenvalue weighted by Gasteiger charge is -2.22. The molecule has 2 amide bonds. The van der Waals surface area contributed by atoms with Gasteiger partial charge in [0.25, 0.3) is 10.0 Å². The fraction of sp³-hybridized carbons (Fsp3) is 0.692. The van der Waals surface area contributed by atoms with Gasteiger partial charge >= 0.3 is 6.03 Å². The van der Waals surface area contributed by atoms with Gasteiger partial charge in [0, 0.05) is 25.8 Å². The smallest absolute Gasteiger partial charge is 0.343 e. The third kappa shape index (κ3) is 5.10. The molecule has 2 heterocycles. The molecule has 0 bridgehead atoms. The van der Waals surface area contributed by atoms with Crippen molar-refractivity contribution in [2.45, 2.75) is 32.1 Å². The van der Waals surface area contributed by atoms with Gasteiger partial charge in [-0.1, -0.05) is 12.8 Å². The van der Waals surface area contributed by atoms with Crippen LogP contribution in [0.2, 0.25) is 0 Å². The molecule has 0 aromatic heterocycles. The third-order valence-corrected chi connectivity index (χ3v) is 4.93. The first-order valence-corrected chi connectivity index (χ1v) is 9.21. The Morgan fingerprint density at radius 2 is 1.91 bits per heavy atom. The van der Waals surface area contributed by atoms with E-state index in [2.05, 4.69) is 10.7 Å². The van der Waals surface area contributed by atoms with E-state index >= 15 is 0 Å². The zero-order chi connectivity index (χ0) is 16.7. The molecular formula is C13H23N5O4S. The number of carbonyl (C=O) groups is 1. The fourth-order valence-electron chi connectivity index (χ4n) is 2.45. The highest BCUT2D eigenvalue weighted by Crippen LogP contribution is 2.12. The summed E-state index contributed by atoms with van der Waals surface area (Å²) < 4.78 is 31.7. The van der Waals surface area contributed by atoms with Crippen LogP contribution < -0.4 is 15.5 Å². The van der Waals surface area contributed by atoms with Gasteiger partial charge in [0.15, 0.2) is 4.91 Å². The van der Waals surface area contributed by atoms with Crippen molar-refractivity contribution < 1.29 is 17.9 Å². The highest BCUT2D eigenvalue weighted by Gasteiger charge is 2.26. The van der Waals surface area contributed by atoms with Gasteiger partial charge in [-0.15, -0.1) is 0 Å². The van der Waals surface area contributed by atoms with Crippen molar-refractivity contribution >= 4 is 22.3 Å². The number of nitrogens with zero attached hydrogens (tertiary/aromatic N) is 1. The second kappa shape index (κ2) is 8.16. The van der Waals surface area contributed by atoms with E-state index in [1.165, 1.54) is 0 Å². The summed E-state index contributed by atoms with van der Waals surface area (Å²) in [5, 5.41) is 11.8. The number of nitrogens with one attached hydrogen (secondary N) is 4. The highest BCUT2D eigenvalue weighted by atomic mass is 32.2. The van der Waals surface area contributed by atoms with Crippen LogP contribution in [0.4, 0.5) is 4.79 Å². The zero-order valence-corrected chi connectivity index (χ0v) is 13.7. The number of hydrazine groups is 1. The number of amides is 2. The Morgan fingerprint density at radius 1 is 1.22 bits per heavy atom. The van der Waals surface area contributed by atoms with Crippen LogP contribution in [-0.4, -0.2) is 51.9 Å². The monoisotopic (exact) mass is 345 g/mol. The van der Waals surface area contributed by atoms with E-state index in [4.69, 9.17) is 10.1 Å². The van der Waals surface area contributed by atoms with Gasteiger partial charge in [-0.05, 0) is 19.3 Å². The predicted octanol–water partition coefficient (Wildman–Crippen LogP) is 0.235. The quantitative estimate of drug-likeness (QED) is 0.541. The molecule has 2 aliphatic rings. The molecule has 10 heteroatoms. The standard InChI is InChI=1S/C13H23N5O4S/c14-10-11(12-15-6-5-9-22-12)23(20,21)17-13(19)16-18-7-3-1-2-4-8-18/h10,14-15H,1-9H2,(H2,16,17,19)/b12-11-,14-10?. The Labute approximate surface area is 136 Å². The van der Waals surface area contributed by atoms with Crippen molar-refractivity contribution in [3.8, 4) is 0 Å². The molecule has 0 aromatic rings. The number of rotatable bonds is 4. The number of sulfonamides is 1. The number of ether oxygens (including phenoxy) is 1. The van der Waals surface area contributed by atoms with Gasteiger partial charge in [-0.25, -0.2) is 22.9 Å². The zero-order valence-electron chi connectivity index (χ0n) is 12.9. The number of urea groups is 1. The van der Waals surface area contributed by atoms with E-state index < -0.39 is 16.1 Å². The van der Waals surface area contributed by atoms with Crippen LogP contribution in [0.1, 0.15) is 32.1 Å². The molecule has 0 radical (unpaired) electrons. The van der Waals surface area contributed by atoms with Gasteiger partial charge in [-0.3, -0.25) is 5.43 Å². The second-order valence-corrected chi connectivity index (χ2v) is 7.07. The second-order valence-electron chi connectivity index (χ2n) is 5.41. The van der Waals surface area contributed by atoms with Gasteiger partial charge in [0.05, 0.1) is 6.61 Å². The van der Waals surface area contributed by atoms with Gasteiger partial charge in [-0.2, -0.15) is 0 Å². The number of carbonyl (C=O) groups excluding carboxylic acids is 1. The van der Waals surface area contributed by atoms with Crippen molar-refractivity contribution in [2.75, 3.05) is 26.2 Å². The van der Waals surface area contributed by atoms with Gasteiger partial charge < -0.3 is 15.5 Å². The summed E-state index contributed by atoms with van der Waals surface area (Å²) in [5.41, 5.74) is 2.54. The lowest BCUT2D eigenvalue weighted by molar-refractivity contribution is 0.157. The molecule has 0 aliphatic carbocycles. The van der Waals surface area contributed by atoms with Crippen molar-refractivity contribution in [2.24, 2.45) is 0 Å².